The van der Waals surface area contributed by atoms with Crippen molar-refractivity contribution in [1.82, 2.24) is 0 Å². The fourth-order valence-corrected chi connectivity index (χ4v) is 5.67. The molecule has 4 aromatic carbocycles. The molecule has 2 unspecified atom stereocenters. The second-order valence-corrected chi connectivity index (χ2v) is 12.1. The van der Waals surface area contributed by atoms with E-state index in [1.54, 1.807) is 12.1 Å². The van der Waals surface area contributed by atoms with Crippen LogP contribution >= 0.6 is 0 Å². The van der Waals surface area contributed by atoms with Gasteiger partial charge < -0.3 is 9.47 Å². The summed E-state index contributed by atoms with van der Waals surface area (Å²) in [6.07, 6.45) is 9.04. The zero-order valence-electron chi connectivity index (χ0n) is 22.3. The van der Waals surface area contributed by atoms with E-state index >= 15 is 0 Å². The van der Waals surface area contributed by atoms with Crippen LogP contribution < -0.4 is 9.47 Å². The number of hydrogen-bond donors (Lipinski definition) is 1. The molecule has 5 heteroatoms. The van der Waals surface area contributed by atoms with Crippen LogP contribution in [0.2, 0.25) is 0 Å². The lowest BCUT2D eigenvalue weighted by Crippen LogP contribution is -2.00. The number of rotatable bonds is 9. The van der Waals surface area contributed by atoms with Gasteiger partial charge in [0.2, 0.25) is 0 Å². The normalized spacial score (nSPS) is 16.3. The third-order valence-corrected chi connectivity index (χ3v) is 8.68. The Kier molecular flexibility index (Phi) is 7.99. The van der Waals surface area contributed by atoms with E-state index in [-0.39, 0.29) is 0 Å². The van der Waals surface area contributed by atoms with E-state index in [4.69, 9.17) is 14.3 Å². The molecule has 5 rings (SSSR count). The SMILES string of the molecule is Cc1ccc(S(=N)(=O)c2ccc(CCc3ccc(Oc4ccc(OC5=CCC(C)C=C5)cc4)cc3)cc2)cc1. The summed E-state index contributed by atoms with van der Waals surface area (Å²) in [5.74, 6) is 3.77. The van der Waals surface area contributed by atoms with E-state index in [0.717, 1.165) is 53.4 Å². The average Bonchev–Trinajstić information content (AvgIpc) is 2.95. The van der Waals surface area contributed by atoms with Gasteiger partial charge in [-0.05, 0) is 116 Å². The largest absolute Gasteiger partial charge is 0.458 e. The highest BCUT2D eigenvalue weighted by Crippen LogP contribution is 2.27. The lowest BCUT2D eigenvalue weighted by Gasteiger charge is -2.13. The van der Waals surface area contributed by atoms with Crippen molar-refractivity contribution in [2.75, 3.05) is 0 Å². The predicted molar refractivity (Wildman–Crippen MR) is 157 cm³/mol. The van der Waals surface area contributed by atoms with E-state index in [1.165, 1.54) is 5.56 Å². The molecule has 0 fully saturated rings. The number of nitrogens with one attached hydrogen (secondary N) is 1. The number of ether oxygens (including phenoxy) is 2. The highest BCUT2D eigenvalue weighted by atomic mass is 32.2. The van der Waals surface area contributed by atoms with Gasteiger partial charge in [-0.2, -0.15) is 0 Å². The second kappa shape index (κ2) is 11.7. The third-order valence-electron chi connectivity index (χ3n) is 6.81. The average molecular weight is 536 g/mol. The highest BCUT2D eigenvalue weighted by molar-refractivity contribution is 7.92. The molecule has 0 heterocycles. The first-order valence-electron chi connectivity index (χ1n) is 13.2. The molecule has 0 radical (unpaired) electrons. The Morgan fingerprint density at radius 3 is 1.69 bits per heavy atom. The van der Waals surface area contributed by atoms with E-state index in [2.05, 4.69) is 31.2 Å². The quantitative estimate of drug-likeness (QED) is 0.233. The van der Waals surface area contributed by atoms with Crippen LogP contribution in [0.25, 0.3) is 0 Å². The number of benzene rings is 4. The number of aryl methyl sites for hydroxylation is 3. The Bertz CT molecular complexity index is 1570. The van der Waals surface area contributed by atoms with Crippen LogP contribution in [0.5, 0.6) is 17.2 Å². The Balaban J connectivity index is 1.13. The molecule has 0 aromatic heterocycles. The molecule has 0 amide bonds. The predicted octanol–water partition coefficient (Wildman–Crippen LogP) is 8.90. The maximum atomic E-state index is 13.1. The molecule has 198 valence electrons. The van der Waals surface area contributed by atoms with Crippen LogP contribution in [-0.4, -0.2) is 4.21 Å². The van der Waals surface area contributed by atoms with Gasteiger partial charge >= 0.3 is 0 Å². The first kappa shape index (κ1) is 26.5. The Morgan fingerprint density at radius 2 is 1.18 bits per heavy atom. The first-order valence-corrected chi connectivity index (χ1v) is 14.8. The van der Waals surface area contributed by atoms with Gasteiger partial charge in [0.05, 0.1) is 9.79 Å². The minimum Gasteiger partial charge on any atom is -0.458 e. The van der Waals surface area contributed by atoms with Gasteiger partial charge in [-0.3, -0.25) is 0 Å². The summed E-state index contributed by atoms with van der Waals surface area (Å²) in [6.45, 7) is 4.17. The Morgan fingerprint density at radius 1 is 0.718 bits per heavy atom. The molecule has 0 bridgehead atoms. The van der Waals surface area contributed by atoms with Crippen molar-refractivity contribution < 1.29 is 13.7 Å². The van der Waals surface area contributed by atoms with Gasteiger partial charge in [-0.15, -0.1) is 0 Å². The summed E-state index contributed by atoms with van der Waals surface area (Å²) in [4.78, 5) is 1.07. The van der Waals surface area contributed by atoms with Crippen LogP contribution in [-0.2, 0) is 22.6 Å². The Hall–Kier alpha value is -4.09. The lowest BCUT2D eigenvalue weighted by molar-refractivity contribution is 0.432. The van der Waals surface area contributed by atoms with Gasteiger partial charge in [0.25, 0.3) is 0 Å². The molecule has 39 heavy (non-hydrogen) atoms. The van der Waals surface area contributed by atoms with Crippen molar-refractivity contribution in [3.05, 3.63) is 138 Å². The summed E-state index contributed by atoms with van der Waals surface area (Å²) < 4.78 is 33.5. The zero-order chi connectivity index (χ0) is 27.2. The minimum atomic E-state index is -3.01. The molecular formula is C34H33NO3S. The van der Waals surface area contributed by atoms with Crippen molar-refractivity contribution in [1.29, 1.82) is 4.78 Å². The van der Waals surface area contributed by atoms with Crippen LogP contribution in [0.15, 0.2) is 131 Å². The number of hydrogen-bond acceptors (Lipinski definition) is 4. The minimum absolute atomic E-state index is 0.536. The summed E-state index contributed by atoms with van der Waals surface area (Å²) in [5.41, 5.74) is 3.44. The van der Waals surface area contributed by atoms with Crippen LogP contribution in [0, 0.1) is 17.6 Å². The number of allylic oxidation sites excluding steroid dienone is 3. The smallest absolute Gasteiger partial charge is 0.127 e. The molecule has 0 aliphatic heterocycles. The molecule has 4 nitrogen and oxygen atoms in total. The van der Waals surface area contributed by atoms with E-state index in [0.29, 0.717) is 15.7 Å². The Labute approximate surface area is 231 Å². The van der Waals surface area contributed by atoms with Gasteiger partial charge in [0.1, 0.15) is 32.7 Å². The van der Waals surface area contributed by atoms with Crippen LogP contribution in [0.4, 0.5) is 0 Å². The molecule has 0 saturated heterocycles. The van der Waals surface area contributed by atoms with Crippen molar-refractivity contribution >= 4 is 9.73 Å². The van der Waals surface area contributed by atoms with Gasteiger partial charge in [-0.1, -0.05) is 55.0 Å². The summed E-state index contributed by atoms with van der Waals surface area (Å²) in [5, 5.41) is 0. The highest BCUT2D eigenvalue weighted by Gasteiger charge is 2.13. The summed E-state index contributed by atoms with van der Waals surface area (Å²) in [6, 6.07) is 30.7. The van der Waals surface area contributed by atoms with Crippen molar-refractivity contribution in [3.63, 3.8) is 0 Å². The van der Waals surface area contributed by atoms with Gasteiger partial charge in [-0.25, -0.2) is 8.99 Å². The molecule has 1 aliphatic carbocycles. The molecule has 0 saturated carbocycles. The molecule has 0 spiro atoms. The molecule has 4 aromatic rings. The third kappa shape index (κ3) is 6.87. The second-order valence-electron chi connectivity index (χ2n) is 10.0. The monoisotopic (exact) mass is 535 g/mol. The van der Waals surface area contributed by atoms with Crippen molar-refractivity contribution in [2.24, 2.45) is 5.92 Å². The van der Waals surface area contributed by atoms with Crippen molar-refractivity contribution in [2.45, 2.75) is 42.9 Å². The van der Waals surface area contributed by atoms with Gasteiger partial charge in [0.15, 0.2) is 0 Å². The van der Waals surface area contributed by atoms with Gasteiger partial charge in [0, 0.05) is 0 Å². The molecule has 2 atom stereocenters. The fourth-order valence-electron chi connectivity index (χ4n) is 4.36. The lowest BCUT2D eigenvalue weighted by atomic mass is 10.0. The topological polar surface area (TPSA) is 59.4 Å². The molecular weight excluding hydrogens is 502 g/mol. The van der Waals surface area contributed by atoms with E-state index < -0.39 is 9.73 Å². The van der Waals surface area contributed by atoms with E-state index in [9.17, 15) is 4.21 Å². The maximum Gasteiger partial charge on any atom is 0.127 e. The zero-order valence-corrected chi connectivity index (χ0v) is 23.1. The van der Waals surface area contributed by atoms with Crippen molar-refractivity contribution in [3.8, 4) is 17.2 Å². The molecule has 1 N–H and O–H groups in total. The molecule has 1 aliphatic rings. The maximum absolute atomic E-state index is 13.1. The first-order chi connectivity index (χ1) is 18.8. The van der Waals surface area contributed by atoms with Crippen LogP contribution in [0.1, 0.15) is 30.0 Å². The fraction of sp³-hybridized carbons (Fsp3) is 0.176. The summed E-state index contributed by atoms with van der Waals surface area (Å²) >= 11 is 0. The standard InChI is InChI=1S/C34H33NO3S/c1-25-3-13-29(14-4-25)37-31-17-19-32(20-18-31)38-30-15-9-27(10-16-30)7-8-28-11-23-34(24-12-28)39(35,36)33-21-5-26(2)6-22-33/h3,5-6,9-25,35H,4,7-8H2,1-2H3. The van der Waals surface area contributed by atoms with Crippen LogP contribution in [0.3, 0.4) is 0 Å². The summed E-state index contributed by atoms with van der Waals surface area (Å²) in [7, 11) is -3.01. The van der Waals surface area contributed by atoms with E-state index in [1.807, 2.05) is 85.8 Å².